The lowest BCUT2D eigenvalue weighted by Crippen LogP contribution is -1.97. The van der Waals surface area contributed by atoms with E-state index < -0.39 is 10.4 Å². The van der Waals surface area contributed by atoms with E-state index in [4.69, 9.17) is 22.3 Å². The Balaban J connectivity index is -0.000000460. The maximum Gasteiger partial charge on any atom is 0.394 e. The van der Waals surface area contributed by atoms with Crippen LogP contribution in [0.2, 0.25) is 0 Å². The van der Waals surface area contributed by atoms with Crippen LogP contribution in [0.4, 0.5) is 0 Å². The normalized spacial score (nSPS) is 10.4. The van der Waals surface area contributed by atoms with Gasteiger partial charge in [0.2, 0.25) is 0 Å². The summed E-state index contributed by atoms with van der Waals surface area (Å²) in [5.74, 6) is 0. The van der Waals surface area contributed by atoms with Gasteiger partial charge in [0.25, 0.3) is 0 Å². The van der Waals surface area contributed by atoms with Crippen LogP contribution in [0.15, 0.2) is 13.2 Å². The Kier molecular flexibility index (Phi) is 43.5. The number of hydrogen-bond acceptors (Lipinski definition) is 3. The maximum absolute atomic E-state index is 8.74. The summed E-state index contributed by atoms with van der Waals surface area (Å²) in [5, 5.41) is 0. The first kappa shape index (κ1) is 39.7. The van der Waals surface area contributed by atoms with Crippen LogP contribution in [0.1, 0.15) is 142 Å². The lowest BCUT2D eigenvalue weighted by atomic mass is 10.1. The molecular weight excluding hydrogens is 440 g/mol. The zero-order valence-electron chi connectivity index (χ0n) is 22.0. The molecule has 0 heterocycles. The molecule has 0 saturated heterocycles. The van der Waals surface area contributed by atoms with Crippen molar-refractivity contribution < 1.29 is 27.7 Å². The Morgan fingerprint density at radius 1 is 0.515 bits per heavy atom. The van der Waals surface area contributed by atoms with Gasteiger partial charge in [-0.2, -0.15) is 8.42 Å². The molecule has 0 aromatic carbocycles. The summed E-state index contributed by atoms with van der Waals surface area (Å²) >= 11 is 0. The van der Waals surface area contributed by atoms with Crippen molar-refractivity contribution in [3.63, 3.8) is 0 Å². The summed E-state index contributed by atoms with van der Waals surface area (Å²) < 4.78 is 37.4. The van der Waals surface area contributed by atoms with Crippen LogP contribution >= 0.6 is 0 Å². The maximum atomic E-state index is 8.74. The van der Waals surface area contributed by atoms with Gasteiger partial charge in [-0.1, -0.05) is 129 Å². The Morgan fingerprint density at radius 3 is 0.909 bits per heavy atom. The molecule has 0 unspecified atom stereocenters. The largest absolute Gasteiger partial charge is 0.412 e. The Labute approximate surface area is 206 Å². The molecule has 33 heavy (non-hydrogen) atoms. The minimum atomic E-state index is -4.67. The highest BCUT2D eigenvalue weighted by atomic mass is 32.3. The minimum absolute atomic E-state index is 0. The van der Waals surface area contributed by atoms with Gasteiger partial charge in [0, 0.05) is 13.2 Å². The lowest BCUT2D eigenvalue weighted by Gasteiger charge is -2.05. The summed E-state index contributed by atoms with van der Waals surface area (Å²) in [6, 6.07) is 0. The second-order valence-electron chi connectivity index (χ2n) is 8.42. The third-order valence-electron chi connectivity index (χ3n) is 5.28. The Bertz CT molecular complexity index is 385. The molecule has 0 rings (SSSR count). The van der Waals surface area contributed by atoms with Crippen LogP contribution in [0.3, 0.4) is 0 Å². The fourth-order valence-electron chi connectivity index (χ4n) is 3.49. The third-order valence-corrected chi connectivity index (χ3v) is 5.28. The fraction of sp³-hybridized carbons (Fsp3) is 0.923. The van der Waals surface area contributed by atoms with E-state index in [1.54, 1.807) is 0 Å². The standard InChI is InChI=1S/C24H50O.C2H4.H2O4S.H2O/c1-3-5-7-9-11-13-15-17-19-21-23-25-24-22-20-18-16-14-12-10-8-6-4-2;1-2;1-5(2,3)4;/h3-24H2,1-2H3;1-2H2;(H2,1,2,3,4);1H2. The molecular formula is C26H58O6S. The average Bonchev–Trinajstić information content (AvgIpc) is 2.75. The first-order valence-corrected chi connectivity index (χ1v) is 14.6. The van der Waals surface area contributed by atoms with Crippen LogP contribution in [0, 0.1) is 0 Å². The van der Waals surface area contributed by atoms with Gasteiger partial charge in [-0.3, -0.25) is 9.11 Å². The van der Waals surface area contributed by atoms with Gasteiger partial charge in [-0.15, -0.1) is 13.2 Å². The van der Waals surface area contributed by atoms with E-state index in [2.05, 4.69) is 27.0 Å². The van der Waals surface area contributed by atoms with Crippen molar-refractivity contribution in [3.8, 4) is 0 Å². The van der Waals surface area contributed by atoms with Crippen molar-refractivity contribution in [2.24, 2.45) is 0 Å². The third kappa shape index (κ3) is 59.3. The molecule has 0 fully saturated rings. The van der Waals surface area contributed by atoms with Gasteiger partial charge < -0.3 is 10.2 Å². The quantitative estimate of drug-likeness (QED) is 0.0887. The SMILES string of the molecule is C=C.CCCCCCCCCCCCOCCCCCCCCCCCC.O.O=S(=O)(O)O. The molecule has 0 aliphatic rings. The molecule has 0 amide bonds. The molecule has 0 aliphatic heterocycles. The van der Waals surface area contributed by atoms with Crippen molar-refractivity contribution in [3.05, 3.63) is 13.2 Å². The van der Waals surface area contributed by atoms with Crippen LogP contribution < -0.4 is 0 Å². The van der Waals surface area contributed by atoms with Crippen LogP contribution in [-0.2, 0) is 15.1 Å². The van der Waals surface area contributed by atoms with E-state index in [0.717, 1.165) is 13.2 Å². The monoisotopic (exact) mass is 498 g/mol. The topological polar surface area (TPSA) is 115 Å². The smallest absolute Gasteiger partial charge is 0.394 e. The number of ether oxygens (including phenoxy) is 1. The first-order valence-electron chi connectivity index (χ1n) is 13.2. The highest BCUT2D eigenvalue weighted by Gasteiger charge is 1.95. The highest BCUT2D eigenvalue weighted by molar-refractivity contribution is 7.79. The summed E-state index contributed by atoms with van der Waals surface area (Å²) in [4.78, 5) is 0. The zero-order chi connectivity index (χ0) is 24.8. The molecule has 4 N–H and O–H groups in total. The average molecular weight is 499 g/mol. The second-order valence-corrected chi connectivity index (χ2v) is 9.32. The Morgan fingerprint density at radius 2 is 0.697 bits per heavy atom. The Hall–Kier alpha value is -0.470. The summed E-state index contributed by atoms with van der Waals surface area (Å²) in [5.41, 5.74) is 0. The number of unbranched alkanes of at least 4 members (excludes halogenated alkanes) is 18. The van der Waals surface area contributed by atoms with Crippen LogP contribution in [-0.4, -0.2) is 36.2 Å². The second kappa shape index (κ2) is 36.1. The molecule has 0 atom stereocenters. The molecule has 204 valence electrons. The van der Waals surface area contributed by atoms with Gasteiger partial charge in [-0.25, -0.2) is 0 Å². The summed E-state index contributed by atoms with van der Waals surface area (Å²) in [6.07, 6.45) is 28.2. The van der Waals surface area contributed by atoms with Gasteiger partial charge in [0.1, 0.15) is 0 Å². The molecule has 0 aromatic heterocycles. The van der Waals surface area contributed by atoms with Crippen LogP contribution in [0.25, 0.3) is 0 Å². The molecule has 7 heteroatoms. The van der Waals surface area contributed by atoms with Crippen molar-refractivity contribution in [2.45, 2.75) is 142 Å². The predicted molar refractivity (Wildman–Crippen MR) is 144 cm³/mol. The first-order chi connectivity index (χ1) is 15.4. The van der Waals surface area contributed by atoms with E-state index in [0.29, 0.717) is 0 Å². The van der Waals surface area contributed by atoms with E-state index in [1.807, 2.05) is 0 Å². The van der Waals surface area contributed by atoms with Crippen LogP contribution in [0.5, 0.6) is 0 Å². The minimum Gasteiger partial charge on any atom is -0.412 e. The predicted octanol–water partition coefficient (Wildman–Crippen LogP) is 8.17. The molecule has 0 saturated carbocycles. The number of hydrogen-bond donors (Lipinski definition) is 2. The van der Waals surface area contributed by atoms with Gasteiger partial charge in [0.15, 0.2) is 0 Å². The molecule has 0 spiro atoms. The van der Waals surface area contributed by atoms with E-state index in [9.17, 15) is 0 Å². The van der Waals surface area contributed by atoms with E-state index >= 15 is 0 Å². The molecule has 0 radical (unpaired) electrons. The van der Waals surface area contributed by atoms with Gasteiger partial charge >= 0.3 is 10.4 Å². The van der Waals surface area contributed by atoms with Gasteiger partial charge in [-0.05, 0) is 12.8 Å². The summed E-state index contributed by atoms with van der Waals surface area (Å²) in [7, 11) is -4.67. The van der Waals surface area contributed by atoms with E-state index in [-0.39, 0.29) is 5.48 Å². The van der Waals surface area contributed by atoms with Crippen molar-refractivity contribution in [1.82, 2.24) is 0 Å². The number of rotatable bonds is 22. The van der Waals surface area contributed by atoms with Crippen molar-refractivity contribution in [1.29, 1.82) is 0 Å². The molecule has 6 nitrogen and oxygen atoms in total. The molecule has 0 aliphatic carbocycles. The highest BCUT2D eigenvalue weighted by Crippen LogP contribution is 2.12. The molecule has 0 bridgehead atoms. The lowest BCUT2D eigenvalue weighted by molar-refractivity contribution is 0.125. The fourth-order valence-corrected chi connectivity index (χ4v) is 3.49. The molecule has 0 aromatic rings. The van der Waals surface area contributed by atoms with Crippen molar-refractivity contribution in [2.75, 3.05) is 13.2 Å². The summed E-state index contributed by atoms with van der Waals surface area (Å²) in [6.45, 7) is 12.6. The van der Waals surface area contributed by atoms with Gasteiger partial charge in [0.05, 0.1) is 0 Å². The van der Waals surface area contributed by atoms with Crippen molar-refractivity contribution >= 4 is 10.4 Å². The van der Waals surface area contributed by atoms with E-state index in [1.165, 1.54) is 128 Å². The zero-order valence-corrected chi connectivity index (χ0v) is 22.8.